The summed E-state index contributed by atoms with van der Waals surface area (Å²) in [4.78, 5) is 30.1. The Bertz CT molecular complexity index is 627. The zero-order valence-corrected chi connectivity index (χ0v) is 10.1. The van der Waals surface area contributed by atoms with Crippen molar-refractivity contribution in [1.82, 2.24) is 15.3 Å². The summed E-state index contributed by atoms with van der Waals surface area (Å²) in [5, 5.41) is 2.57. The lowest BCUT2D eigenvalue weighted by Crippen LogP contribution is -2.28. The summed E-state index contributed by atoms with van der Waals surface area (Å²) in [5.41, 5.74) is 0.469. The molecule has 18 heavy (non-hydrogen) atoms. The number of aryl methyl sites for hydroxylation is 2. The van der Waals surface area contributed by atoms with Crippen LogP contribution in [-0.2, 0) is 6.54 Å². The number of aromatic nitrogens is 2. The van der Waals surface area contributed by atoms with Gasteiger partial charge in [-0.25, -0.2) is 4.98 Å². The van der Waals surface area contributed by atoms with E-state index in [1.165, 1.54) is 12.3 Å². The molecule has 6 heteroatoms. The van der Waals surface area contributed by atoms with Crippen LogP contribution in [0.3, 0.4) is 0 Å². The van der Waals surface area contributed by atoms with Crippen molar-refractivity contribution in [1.29, 1.82) is 0 Å². The maximum absolute atomic E-state index is 11.8. The molecule has 0 saturated carbocycles. The van der Waals surface area contributed by atoms with Crippen LogP contribution in [0.1, 0.15) is 27.7 Å². The Morgan fingerprint density at radius 1 is 1.50 bits per heavy atom. The number of nitrogens with one attached hydrogen (secondary N) is 2. The first-order valence-electron chi connectivity index (χ1n) is 5.45. The smallest absolute Gasteiger partial charge is 0.257 e. The van der Waals surface area contributed by atoms with Crippen LogP contribution >= 0.6 is 0 Å². The standard InChI is InChI=1S/C12H13N3O3/c1-7-3-10(16)9(5-13-7)12(17)15-6-11-14-4-8(2)18-11/h3-5H,6H2,1-2H3,(H,13,16)(H,15,17). The normalized spacial score (nSPS) is 10.3. The Morgan fingerprint density at radius 2 is 2.28 bits per heavy atom. The molecule has 0 aromatic carbocycles. The van der Waals surface area contributed by atoms with E-state index < -0.39 is 5.91 Å². The summed E-state index contributed by atoms with van der Waals surface area (Å²) >= 11 is 0. The second kappa shape index (κ2) is 4.87. The average Bonchev–Trinajstić information content (AvgIpc) is 2.72. The second-order valence-electron chi connectivity index (χ2n) is 3.94. The Morgan fingerprint density at radius 3 is 2.89 bits per heavy atom. The zero-order chi connectivity index (χ0) is 13.1. The quantitative estimate of drug-likeness (QED) is 0.843. The Kier molecular flexibility index (Phi) is 3.27. The third kappa shape index (κ3) is 2.65. The van der Waals surface area contributed by atoms with Gasteiger partial charge in [0.2, 0.25) is 5.89 Å². The first-order valence-corrected chi connectivity index (χ1v) is 5.45. The fraction of sp³-hybridized carbons (Fsp3) is 0.250. The van der Waals surface area contributed by atoms with Gasteiger partial charge in [-0.05, 0) is 13.8 Å². The van der Waals surface area contributed by atoms with Crippen molar-refractivity contribution in [2.45, 2.75) is 20.4 Å². The zero-order valence-electron chi connectivity index (χ0n) is 10.1. The van der Waals surface area contributed by atoms with Gasteiger partial charge in [0.15, 0.2) is 5.43 Å². The molecule has 2 aromatic rings. The van der Waals surface area contributed by atoms with E-state index in [4.69, 9.17) is 4.42 Å². The minimum absolute atomic E-state index is 0.0730. The molecule has 0 atom stereocenters. The molecule has 6 nitrogen and oxygen atoms in total. The van der Waals surface area contributed by atoms with Crippen molar-refractivity contribution in [2.75, 3.05) is 0 Å². The second-order valence-corrected chi connectivity index (χ2v) is 3.94. The van der Waals surface area contributed by atoms with Gasteiger partial charge < -0.3 is 14.7 Å². The molecule has 2 heterocycles. The number of oxazole rings is 1. The van der Waals surface area contributed by atoms with E-state index >= 15 is 0 Å². The predicted molar refractivity (Wildman–Crippen MR) is 64.2 cm³/mol. The summed E-state index contributed by atoms with van der Waals surface area (Å²) in [6, 6.07) is 1.38. The van der Waals surface area contributed by atoms with Gasteiger partial charge in [0.1, 0.15) is 11.3 Å². The first-order chi connectivity index (χ1) is 8.56. The summed E-state index contributed by atoms with van der Waals surface area (Å²) in [6.45, 7) is 3.67. The number of aromatic amines is 1. The van der Waals surface area contributed by atoms with E-state index in [0.717, 1.165) is 0 Å². The highest BCUT2D eigenvalue weighted by Crippen LogP contribution is 2.01. The Balaban J connectivity index is 2.06. The maximum atomic E-state index is 11.8. The van der Waals surface area contributed by atoms with Crippen LogP contribution in [0.15, 0.2) is 27.7 Å². The number of nitrogens with zero attached hydrogens (tertiary/aromatic N) is 1. The fourth-order valence-electron chi connectivity index (χ4n) is 1.48. The minimum Gasteiger partial charge on any atom is -0.444 e. The van der Waals surface area contributed by atoms with Gasteiger partial charge in [0, 0.05) is 18.0 Å². The van der Waals surface area contributed by atoms with E-state index in [0.29, 0.717) is 17.3 Å². The van der Waals surface area contributed by atoms with Gasteiger partial charge in [0.25, 0.3) is 5.91 Å². The molecule has 0 aliphatic carbocycles. The lowest BCUT2D eigenvalue weighted by atomic mass is 10.2. The van der Waals surface area contributed by atoms with Crippen LogP contribution in [0, 0.1) is 13.8 Å². The number of rotatable bonds is 3. The number of H-pyrrole nitrogens is 1. The summed E-state index contributed by atoms with van der Waals surface area (Å²) in [7, 11) is 0. The highest BCUT2D eigenvalue weighted by atomic mass is 16.4. The third-order valence-electron chi connectivity index (χ3n) is 2.37. The van der Waals surface area contributed by atoms with Crippen molar-refractivity contribution in [3.63, 3.8) is 0 Å². The molecule has 0 unspecified atom stereocenters. The van der Waals surface area contributed by atoms with E-state index in [9.17, 15) is 9.59 Å². The lowest BCUT2D eigenvalue weighted by molar-refractivity contribution is 0.0945. The number of pyridine rings is 1. The molecule has 0 spiro atoms. The monoisotopic (exact) mass is 247 g/mol. The third-order valence-corrected chi connectivity index (χ3v) is 2.37. The Hall–Kier alpha value is -2.37. The van der Waals surface area contributed by atoms with Crippen LogP contribution in [-0.4, -0.2) is 15.9 Å². The van der Waals surface area contributed by atoms with Gasteiger partial charge >= 0.3 is 0 Å². The predicted octanol–water partition coefficient (Wildman–Crippen LogP) is 0.910. The molecule has 1 amide bonds. The molecule has 0 aliphatic heterocycles. The minimum atomic E-state index is -0.452. The van der Waals surface area contributed by atoms with Crippen LogP contribution in [0.2, 0.25) is 0 Å². The van der Waals surface area contributed by atoms with E-state index in [1.807, 2.05) is 0 Å². The molecular weight excluding hydrogens is 234 g/mol. The van der Waals surface area contributed by atoms with Gasteiger partial charge in [-0.1, -0.05) is 0 Å². The highest BCUT2D eigenvalue weighted by molar-refractivity contribution is 5.93. The van der Waals surface area contributed by atoms with Crippen molar-refractivity contribution >= 4 is 5.91 Å². The molecule has 2 aromatic heterocycles. The molecular formula is C12H13N3O3. The molecule has 2 N–H and O–H groups in total. The fourth-order valence-corrected chi connectivity index (χ4v) is 1.48. The van der Waals surface area contributed by atoms with E-state index in [-0.39, 0.29) is 17.5 Å². The molecule has 0 saturated heterocycles. The molecule has 94 valence electrons. The largest absolute Gasteiger partial charge is 0.444 e. The van der Waals surface area contributed by atoms with Gasteiger partial charge in [-0.2, -0.15) is 0 Å². The first kappa shape index (κ1) is 12.1. The van der Waals surface area contributed by atoms with Gasteiger partial charge in [0.05, 0.1) is 12.7 Å². The number of carbonyl (C=O) groups is 1. The van der Waals surface area contributed by atoms with Crippen molar-refractivity contribution in [3.05, 3.63) is 51.6 Å². The SMILES string of the molecule is Cc1cc(=O)c(C(=O)NCc2ncc(C)o2)c[nH]1. The molecule has 0 aliphatic rings. The van der Waals surface area contributed by atoms with Crippen molar-refractivity contribution in [3.8, 4) is 0 Å². The van der Waals surface area contributed by atoms with E-state index in [1.54, 1.807) is 20.0 Å². The maximum Gasteiger partial charge on any atom is 0.257 e. The number of amides is 1. The van der Waals surface area contributed by atoms with Crippen LogP contribution in [0.5, 0.6) is 0 Å². The lowest BCUT2D eigenvalue weighted by Gasteiger charge is -2.02. The average molecular weight is 247 g/mol. The molecule has 0 fully saturated rings. The topological polar surface area (TPSA) is 88.0 Å². The number of hydrogen-bond acceptors (Lipinski definition) is 4. The van der Waals surface area contributed by atoms with Crippen molar-refractivity contribution < 1.29 is 9.21 Å². The van der Waals surface area contributed by atoms with Crippen LogP contribution in [0.25, 0.3) is 0 Å². The summed E-state index contributed by atoms with van der Waals surface area (Å²) < 4.78 is 5.21. The van der Waals surface area contributed by atoms with Crippen LogP contribution < -0.4 is 10.7 Å². The molecule has 2 rings (SSSR count). The molecule has 0 bridgehead atoms. The summed E-state index contributed by atoms with van der Waals surface area (Å²) in [5.74, 6) is 0.629. The van der Waals surface area contributed by atoms with Gasteiger partial charge in [-0.15, -0.1) is 0 Å². The van der Waals surface area contributed by atoms with E-state index in [2.05, 4.69) is 15.3 Å². The Labute approximate surface area is 103 Å². The summed E-state index contributed by atoms with van der Waals surface area (Å²) in [6.07, 6.45) is 2.97. The van der Waals surface area contributed by atoms with Gasteiger partial charge in [-0.3, -0.25) is 9.59 Å². The highest BCUT2D eigenvalue weighted by Gasteiger charge is 2.11. The van der Waals surface area contributed by atoms with Crippen LogP contribution in [0.4, 0.5) is 0 Å². The van der Waals surface area contributed by atoms with Crippen molar-refractivity contribution in [2.24, 2.45) is 0 Å². The number of hydrogen-bond donors (Lipinski definition) is 2. The number of carbonyl (C=O) groups excluding carboxylic acids is 1. The molecule has 0 radical (unpaired) electrons.